The highest BCUT2D eigenvalue weighted by atomic mass is 16.2. The van der Waals surface area contributed by atoms with Gasteiger partial charge in [0.2, 0.25) is 5.91 Å². The van der Waals surface area contributed by atoms with E-state index in [-0.39, 0.29) is 5.91 Å². The minimum Gasteiger partial charge on any atom is -0.361 e. The first kappa shape index (κ1) is 17.3. The average molecular weight is 342 g/mol. The van der Waals surface area contributed by atoms with Gasteiger partial charge in [0.15, 0.2) is 0 Å². The quantitative estimate of drug-likeness (QED) is 0.795. The third-order valence-electron chi connectivity index (χ3n) is 4.89. The number of aromatic nitrogens is 1. The van der Waals surface area contributed by atoms with Crippen LogP contribution in [0.3, 0.4) is 0 Å². The van der Waals surface area contributed by atoms with Crippen molar-refractivity contribution < 1.29 is 9.59 Å². The van der Waals surface area contributed by atoms with E-state index in [0.29, 0.717) is 18.3 Å². The van der Waals surface area contributed by atoms with Crippen LogP contribution in [0.15, 0.2) is 30.5 Å². The Morgan fingerprint density at radius 2 is 1.96 bits per heavy atom. The number of carbonyl (C=O) groups excluding carboxylic acids is 2. The van der Waals surface area contributed by atoms with E-state index in [4.69, 9.17) is 5.73 Å². The number of H-pyrrole nitrogens is 1. The molecule has 2 aromatic rings. The van der Waals surface area contributed by atoms with E-state index in [1.165, 1.54) is 0 Å². The van der Waals surface area contributed by atoms with Crippen LogP contribution >= 0.6 is 0 Å². The zero-order valence-electron chi connectivity index (χ0n) is 14.8. The first-order valence-electron chi connectivity index (χ1n) is 8.83. The van der Waals surface area contributed by atoms with E-state index in [1.807, 2.05) is 35.4 Å². The molecule has 1 fully saturated rings. The van der Waals surface area contributed by atoms with Crippen LogP contribution in [-0.2, 0) is 11.2 Å². The molecule has 6 nitrogen and oxygen atoms in total. The predicted molar refractivity (Wildman–Crippen MR) is 98.0 cm³/mol. The predicted octanol–water partition coefficient (Wildman–Crippen LogP) is 2.25. The zero-order valence-corrected chi connectivity index (χ0v) is 14.8. The molecule has 4 N–H and O–H groups in total. The second-order valence-corrected chi connectivity index (χ2v) is 7.31. The van der Waals surface area contributed by atoms with Crippen molar-refractivity contribution in [3.8, 4) is 0 Å². The number of amides is 3. The topological polar surface area (TPSA) is 91.2 Å². The number of likely N-dealkylation sites (tertiary alicyclic amines) is 1. The molecule has 3 rings (SSSR count). The highest BCUT2D eigenvalue weighted by Crippen LogP contribution is 2.23. The number of nitrogens with one attached hydrogen (secondary N) is 2. The average Bonchev–Trinajstić information content (AvgIpc) is 2.95. The first-order valence-corrected chi connectivity index (χ1v) is 8.83. The molecule has 1 aromatic heterocycles. The van der Waals surface area contributed by atoms with E-state index < -0.39 is 12.1 Å². The van der Waals surface area contributed by atoms with Crippen molar-refractivity contribution in [2.45, 2.75) is 32.7 Å². The maximum Gasteiger partial charge on any atom is 0.312 e. The molecule has 0 aliphatic carbocycles. The maximum atomic E-state index is 13.0. The minimum atomic E-state index is -0.670. The molecule has 1 aliphatic rings. The van der Waals surface area contributed by atoms with Gasteiger partial charge < -0.3 is 20.9 Å². The summed E-state index contributed by atoms with van der Waals surface area (Å²) in [6, 6.07) is 6.61. The van der Waals surface area contributed by atoms with Crippen molar-refractivity contribution in [1.29, 1.82) is 0 Å². The number of hydrogen-bond donors (Lipinski definition) is 3. The van der Waals surface area contributed by atoms with Gasteiger partial charge in [-0.1, -0.05) is 32.0 Å². The standard InChI is InChI=1S/C19H26N4O2/c1-12-7-13(2)11-23(10-12)18(24)17(22-19(20)25)8-14-9-21-16-6-4-3-5-15(14)16/h3-6,9,12-13,17,21H,7-8,10-11H2,1-2H3,(H3,20,22,25)/t12-,13+,17-/m1/s1. The maximum absolute atomic E-state index is 13.0. The fourth-order valence-corrected chi connectivity index (χ4v) is 3.96. The van der Waals surface area contributed by atoms with Crippen molar-refractivity contribution >= 4 is 22.8 Å². The number of fused-ring (bicyclic) bond motifs is 1. The highest BCUT2D eigenvalue weighted by Gasteiger charge is 2.31. The van der Waals surface area contributed by atoms with Gasteiger partial charge in [-0.3, -0.25) is 4.79 Å². The van der Waals surface area contributed by atoms with Crippen LogP contribution in [0.5, 0.6) is 0 Å². The Balaban J connectivity index is 1.81. The molecule has 1 saturated heterocycles. The molecular weight excluding hydrogens is 316 g/mol. The van der Waals surface area contributed by atoms with Crippen LogP contribution in [0.2, 0.25) is 0 Å². The lowest BCUT2D eigenvalue weighted by Gasteiger charge is -2.37. The number of primary amides is 1. The van der Waals surface area contributed by atoms with Crippen LogP contribution < -0.4 is 11.1 Å². The fraction of sp³-hybridized carbons (Fsp3) is 0.474. The summed E-state index contributed by atoms with van der Waals surface area (Å²) in [5.74, 6) is 0.882. The van der Waals surface area contributed by atoms with Gasteiger partial charge >= 0.3 is 6.03 Å². The molecule has 1 aliphatic heterocycles. The van der Waals surface area contributed by atoms with Crippen LogP contribution in [0.4, 0.5) is 4.79 Å². The van der Waals surface area contributed by atoms with Crippen LogP contribution in [0.1, 0.15) is 25.8 Å². The number of hydrogen-bond acceptors (Lipinski definition) is 2. The third-order valence-corrected chi connectivity index (χ3v) is 4.89. The van der Waals surface area contributed by atoms with Crippen molar-refractivity contribution in [2.24, 2.45) is 17.6 Å². The molecule has 0 unspecified atom stereocenters. The van der Waals surface area contributed by atoms with Crippen molar-refractivity contribution in [2.75, 3.05) is 13.1 Å². The highest BCUT2D eigenvalue weighted by molar-refractivity contribution is 5.89. The van der Waals surface area contributed by atoms with Crippen LogP contribution in [0.25, 0.3) is 10.9 Å². The lowest BCUT2D eigenvalue weighted by Crippen LogP contribution is -2.54. The molecule has 0 spiro atoms. The molecule has 25 heavy (non-hydrogen) atoms. The van der Waals surface area contributed by atoms with Crippen molar-refractivity contribution in [1.82, 2.24) is 15.2 Å². The van der Waals surface area contributed by atoms with Gasteiger partial charge in [-0.15, -0.1) is 0 Å². The Morgan fingerprint density at radius 3 is 2.64 bits per heavy atom. The van der Waals surface area contributed by atoms with Gasteiger partial charge in [0.25, 0.3) is 0 Å². The van der Waals surface area contributed by atoms with Crippen LogP contribution in [0, 0.1) is 11.8 Å². The fourth-order valence-electron chi connectivity index (χ4n) is 3.96. The van der Waals surface area contributed by atoms with Crippen LogP contribution in [-0.4, -0.2) is 41.0 Å². The molecule has 134 valence electrons. The lowest BCUT2D eigenvalue weighted by atomic mass is 9.91. The summed E-state index contributed by atoms with van der Waals surface area (Å²) in [5.41, 5.74) is 7.35. The van der Waals surface area contributed by atoms with Gasteiger partial charge in [-0.05, 0) is 29.9 Å². The summed E-state index contributed by atoms with van der Waals surface area (Å²) >= 11 is 0. The second-order valence-electron chi connectivity index (χ2n) is 7.31. The first-order chi connectivity index (χ1) is 11.9. The number of aromatic amines is 1. The molecule has 3 amide bonds. The summed E-state index contributed by atoms with van der Waals surface area (Å²) in [6.45, 7) is 5.78. The Hall–Kier alpha value is -2.50. The Labute approximate surface area is 147 Å². The largest absolute Gasteiger partial charge is 0.361 e. The van der Waals surface area contributed by atoms with E-state index in [0.717, 1.165) is 36.0 Å². The molecule has 0 bridgehead atoms. The van der Waals surface area contributed by atoms with E-state index in [9.17, 15) is 9.59 Å². The monoisotopic (exact) mass is 342 g/mol. The Kier molecular flexibility index (Phi) is 4.97. The number of carbonyl (C=O) groups is 2. The van der Waals surface area contributed by atoms with Crippen molar-refractivity contribution in [3.05, 3.63) is 36.0 Å². The summed E-state index contributed by atoms with van der Waals surface area (Å²) in [4.78, 5) is 29.6. The minimum absolute atomic E-state index is 0.0533. The number of benzene rings is 1. The Morgan fingerprint density at radius 1 is 1.28 bits per heavy atom. The molecular formula is C19H26N4O2. The van der Waals surface area contributed by atoms with E-state index in [2.05, 4.69) is 24.1 Å². The number of nitrogens with two attached hydrogens (primary N) is 1. The summed E-state index contributed by atoms with van der Waals surface area (Å²) in [6.07, 6.45) is 3.44. The molecule has 2 heterocycles. The smallest absolute Gasteiger partial charge is 0.312 e. The number of nitrogens with zero attached hydrogens (tertiary/aromatic N) is 1. The number of piperidine rings is 1. The van der Waals surface area contributed by atoms with Gasteiger partial charge in [-0.2, -0.15) is 0 Å². The van der Waals surface area contributed by atoms with Crippen molar-refractivity contribution in [3.63, 3.8) is 0 Å². The summed E-state index contributed by atoms with van der Waals surface area (Å²) in [7, 11) is 0. The van der Waals surface area contributed by atoms with Gasteiger partial charge in [-0.25, -0.2) is 4.79 Å². The summed E-state index contributed by atoms with van der Waals surface area (Å²) in [5, 5.41) is 3.71. The number of urea groups is 1. The van der Waals surface area contributed by atoms with E-state index in [1.54, 1.807) is 0 Å². The lowest BCUT2D eigenvalue weighted by molar-refractivity contribution is -0.135. The SMILES string of the molecule is C[C@@H]1C[C@H](C)CN(C(=O)[C@@H](Cc2c[nH]c3ccccc23)NC(N)=O)C1. The molecule has 0 radical (unpaired) electrons. The molecule has 3 atom stereocenters. The number of para-hydroxylation sites is 1. The zero-order chi connectivity index (χ0) is 18.0. The molecule has 1 aromatic carbocycles. The van der Waals surface area contributed by atoms with Gasteiger partial charge in [0, 0.05) is 36.6 Å². The molecule has 0 saturated carbocycles. The van der Waals surface area contributed by atoms with Gasteiger partial charge in [0.05, 0.1) is 0 Å². The Bertz CT molecular complexity index is 760. The third kappa shape index (κ3) is 3.95. The number of rotatable bonds is 4. The summed E-state index contributed by atoms with van der Waals surface area (Å²) < 4.78 is 0. The van der Waals surface area contributed by atoms with Gasteiger partial charge in [0.1, 0.15) is 6.04 Å². The molecule has 6 heteroatoms. The normalized spacial score (nSPS) is 21.9. The second kappa shape index (κ2) is 7.17. The van der Waals surface area contributed by atoms with E-state index >= 15 is 0 Å².